The highest BCUT2D eigenvalue weighted by Gasteiger charge is 2.68. The van der Waals surface area contributed by atoms with Crippen LogP contribution in [0.5, 0.6) is 0 Å². The Kier molecular flexibility index (Phi) is 5.41. The summed E-state index contributed by atoms with van der Waals surface area (Å²) in [7, 11) is 0. The van der Waals surface area contributed by atoms with Crippen molar-refractivity contribution >= 4 is 45.9 Å². The first-order valence-corrected chi connectivity index (χ1v) is 13.5. The third kappa shape index (κ3) is 3.41. The molecule has 9 nitrogen and oxygen atoms in total. The number of likely N-dealkylation sites (tertiary alicyclic amines) is 1. The smallest absolute Gasteiger partial charge is 0.257 e. The second-order valence-corrected chi connectivity index (χ2v) is 11.7. The number of pyridine rings is 1. The second-order valence-electron chi connectivity index (χ2n) is 11.3. The number of carbonyl (C=O) groups excluding carboxylic acids is 3. The number of hydrogen-bond donors (Lipinski definition) is 2. The van der Waals surface area contributed by atoms with E-state index in [4.69, 9.17) is 11.6 Å². The molecule has 1 aliphatic carbocycles. The normalized spacial score (nSPS) is 26.2. The molecule has 208 valence electrons. The monoisotopic (exact) mass is 572 g/mol. The number of anilines is 1. The van der Waals surface area contributed by atoms with Crippen molar-refractivity contribution in [2.24, 2.45) is 5.41 Å². The first kappa shape index (κ1) is 25.5. The zero-order valence-corrected chi connectivity index (χ0v) is 21.9. The predicted molar refractivity (Wildman–Crippen MR) is 138 cm³/mol. The number of hydrogen-bond acceptors (Lipinski definition) is 6. The van der Waals surface area contributed by atoms with E-state index in [-0.39, 0.29) is 67.5 Å². The number of fused-ring (bicyclic) bond motifs is 3. The molecule has 13 heteroatoms. The highest BCUT2D eigenvalue weighted by atomic mass is 35.5. The molecule has 1 unspecified atom stereocenters. The zero-order chi connectivity index (χ0) is 28.0. The summed E-state index contributed by atoms with van der Waals surface area (Å²) in [4.78, 5) is 47.7. The van der Waals surface area contributed by atoms with Crippen molar-refractivity contribution in [1.29, 1.82) is 0 Å². The molecule has 1 saturated carbocycles. The van der Waals surface area contributed by atoms with E-state index in [1.54, 1.807) is 12.1 Å². The number of aromatic amines is 1. The Morgan fingerprint density at radius 3 is 2.65 bits per heavy atom. The number of halogens is 4. The number of H-pyrrole nitrogens is 1. The number of nitrogens with zero attached hydrogens (tertiary/aromatic N) is 4. The van der Waals surface area contributed by atoms with Crippen molar-refractivity contribution in [2.45, 2.75) is 43.1 Å². The molecule has 4 aliphatic rings. The summed E-state index contributed by atoms with van der Waals surface area (Å²) in [5.74, 6) is -4.78. The van der Waals surface area contributed by atoms with Gasteiger partial charge in [-0.1, -0.05) is 11.6 Å². The Labute approximate surface area is 231 Å². The summed E-state index contributed by atoms with van der Waals surface area (Å²) in [6.45, 7) is -0.245. The van der Waals surface area contributed by atoms with Crippen LogP contribution in [0.2, 0.25) is 5.02 Å². The number of ketones is 1. The highest BCUT2D eigenvalue weighted by molar-refractivity contribution is 6.33. The van der Waals surface area contributed by atoms with Gasteiger partial charge in [0, 0.05) is 25.1 Å². The van der Waals surface area contributed by atoms with Crippen LogP contribution in [0.15, 0.2) is 30.5 Å². The van der Waals surface area contributed by atoms with Crippen LogP contribution < -0.4 is 10.2 Å². The Bertz CT molecular complexity index is 1610. The van der Waals surface area contributed by atoms with Gasteiger partial charge in [-0.05, 0) is 50.1 Å². The van der Waals surface area contributed by atoms with Gasteiger partial charge in [-0.2, -0.15) is 5.10 Å². The molecule has 40 heavy (non-hydrogen) atoms. The van der Waals surface area contributed by atoms with Crippen LogP contribution in [0.4, 0.5) is 18.9 Å². The number of piperidine rings is 1. The van der Waals surface area contributed by atoms with Crippen molar-refractivity contribution < 1.29 is 27.6 Å². The molecule has 2 N–H and O–H groups in total. The topological polar surface area (TPSA) is 111 Å². The third-order valence-corrected chi connectivity index (χ3v) is 9.55. The van der Waals surface area contributed by atoms with Gasteiger partial charge in [-0.15, -0.1) is 0 Å². The van der Waals surface area contributed by atoms with Crippen LogP contribution >= 0.6 is 11.6 Å². The number of rotatable bonds is 4. The average molecular weight is 573 g/mol. The molecular formula is C27H24ClF3N6O3. The van der Waals surface area contributed by atoms with E-state index in [2.05, 4.69) is 20.5 Å². The van der Waals surface area contributed by atoms with Crippen molar-refractivity contribution in [2.75, 3.05) is 31.1 Å². The second kappa shape index (κ2) is 8.50. The molecule has 0 radical (unpaired) electrons. The predicted octanol–water partition coefficient (Wildman–Crippen LogP) is 3.23. The molecule has 5 heterocycles. The van der Waals surface area contributed by atoms with Gasteiger partial charge in [0.05, 0.1) is 39.3 Å². The summed E-state index contributed by atoms with van der Waals surface area (Å²) in [5.41, 5.74) is -0.611. The zero-order valence-electron chi connectivity index (χ0n) is 21.1. The van der Waals surface area contributed by atoms with Gasteiger partial charge in [0.2, 0.25) is 11.8 Å². The molecule has 2 spiro atoms. The van der Waals surface area contributed by atoms with Gasteiger partial charge >= 0.3 is 0 Å². The lowest BCUT2D eigenvalue weighted by atomic mass is 9.60. The molecule has 2 saturated heterocycles. The number of aromatic nitrogens is 3. The molecule has 2 amide bonds. The third-order valence-electron chi connectivity index (χ3n) is 9.18. The fraction of sp³-hybridized carbons (Fsp3) is 0.444. The summed E-state index contributed by atoms with van der Waals surface area (Å²) >= 11 is 6.46. The largest absolute Gasteiger partial charge is 0.339 e. The quantitative estimate of drug-likeness (QED) is 0.465. The molecule has 2 aromatic heterocycles. The van der Waals surface area contributed by atoms with Gasteiger partial charge in [0.25, 0.3) is 5.92 Å². The highest BCUT2D eigenvalue weighted by Crippen LogP contribution is 2.59. The fourth-order valence-corrected chi connectivity index (χ4v) is 7.08. The standard InChI is InChI=1S/C27H24ClF3N6O3/c28-22-14(29)1-4-19-21(22)26(24(40)37(19)11-20(38)36-12-25(13-36)5-6-27(25,30)31)7-8-32-17(9-26)23(39)16-3-2-15-18(34-16)10-33-35-15/h1-4,10,17,32H,5-9,11-13H2,(H,33,35)/t17-,26?/m1/s1. The number of alkyl halides is 2. The lowest BCUT2D eigenvalue weighted by molar-refractivity contribution is -0.254. The van der Waals surface area contributed by atoms with Gasteiger partial charge in [-0.25, -0.2) is 18.2 Å². The minimum absolute atomic E-state index is 0.0182. The summed E-state index contributed by atoms with van der Waals surface area (Å²) in [5, 5.41) is 9.61. The van der Waals surface area contributed by atoms with Crippen LogP contribution in [0.25, 0.3) is 11.0 Å². The fourth-order valence-electron chi connectivity index (χ4n) is 6.74. The van der Waals surface area contributed by atoms with Crippen molar-refractivity contribution in [3.05, 3.63) is 52.6 Å². The first-order valence-electron chi connectivity index (χ1n) is 13.1. The number of Topliss-reactive ketones (excluding diaryl/α,β-unsaturated/α-hetero) is 1. The Hall–Kier alpha value is -3.51. The minimum atomic E-state index is -2.79. The summed E-state index contributed by atoms with van der Waals surface area (Å²) in [6.07, 6.45) is 1.89. The lowest BCUT2D eigenvalue weighted by Gasteiger charge is -2.60. The number of benzene rings is 1. The SMILES string of the molecule is O=C(c1ccc2[nH]ncc2n1)[C@H]1CC2(CCN1)C(=O)N(CC(=O)N1CC3(CCC3(F)F)C1)c1ccc(F)c(Cl)c12. The van der Waals surface area contributed by atoms with Gasteiger partial charge in [0.15, 0.2) is 5.78 Å². The van der Waals surface area contributed by atoms with E-state index in [0.29, 0.717) is 23.1 Å². The van der Waals surface area contributed by atoms with E-state index in [1.807, 2.05) is 0 Å². The summed E-state index contributed by atoms with van der Waals surface area (Å²) < 4.78 is 42.9. The number of amides is 2. The molecular weight excluding hydrogens is 549 g/mol. The maximum absolute atomic E-state index is 14.8. The molecule has 3 aromatic rings. The molecule has 2 atom stereocenters. The van der Waals surface area contributed by atoms with Crippen LogP contribution in [0.3, 0.4) is 0 Å². The Balaban J connectivity index is 1.18. The first-order chi connectivity index (χ1) is 19.1. The average Bonchev–Trinajstić information content (AvgIpc) is 3.46. The van der Waals surface area contributed by atoms with E-state index < -0.39 is 40.4 Å². The number of carbonyl (C=O) groups is 3. The van der Waals surface area contributed by atoms with Gasteiger partial charge < -0.3 is 15.1 Å². The van der Waals surface area contributed by atoms with Crippen molar-refractivity contribution in [3.8, 4) is 0 Å². The Morgan fingerprint density at radius 2 is 1.93 bits per heavy atom. The van der Waals surface area contributed by atoms with E-state index in [9.17, 15) is 27.6 Å². The molecule has 7 rings (SSSR count). The van der Waals surface area contributed by atoms with Crippen LogP contribution in [-0.4, -0.2) is 75.8 Å². The molecule has 1 aromatic carbocycles. The van der Waals surface area contributed by atoms with E-state index in [1.165, 1.54) is 22.1 Å². The van der Waals surface area contributed by atoms with E-state index in [0.717, 1.165) is 6.07 Å². The lowest BCUT2D eigenvalue weighted by Crippen LogP contribution is -2.71. The summed E-state index contributed by atoms with van der Waals surface area (Å²) in [6, 6.07) is 4.97. The van der Waals surface area contributed by atoms with Crippen LogP contribution in [0, 0.1) is 11.2 Å². The van der Waals surface area contributed by atoms with Crippen LogP contribution in [0.1, 0.15) is 41.7 Å². The molecule has 3 fully saturated rings. The minimum Gasteiger partial charge on any atom is -0.339 e. The Morgan fingerprint density at radius 1 is 1.12 bits per heavy atom. The van der Waals surface area contributed by atoms with E-state index >= 15 is 0 Å². The van der Waals surface area contributed by atoms with Crippen molar-refractivity contribution in [1.82, 2.24) is 25.4 Å². The maximum atomic E-state index is 14.8. The van der Waals surface area contributed by atoms with Crippen molar-refractivity contribution in [3.63, 3.8) is 0 Å². The van der Waals surface area contributed by atoms with Gasteiger partial charge in [-0.3, -0.25) is 19.5 Å². The molecule has 3 aliphatic heterocycles. The van der Waals surface area contributed by atoms with Crippen LogP contribution in [-0.2, 0) is 15.0 Å². The number of nitrogens with one attached hydrogen (secondary N) is 2. The molecule has 0 bridgehead atoms. The van der Waals surface area contributed by atoms with Gasteiger partial charge in [0.1, 0.15) is 23.6 Å². The maximum Gasteiger partial charge on any atom is 0.257 e.